The minimum Gasteiger partial charge on any atom is -0.481 e. The monoisotopic (exact) mass is 396 g/mol. The molecule has 0 radical (unpaired) electrons. The average Bonchev–Trinajstić information content (AvgIpc) is 3.37. The molecule has 0 saturated heterocycles. The highest BCUT2D eigenvalue weighted by molar-refractivity contribution is 6.03. The summed E-state index contributed by atoms with van der Waals surface area (Å²) in [5, 5.41) is 5.78. The molecule has 0 spiro atoms. The molecular weight excluding hydrogens is 378 g/mol. The maximum Gasteiger partial charge on any atom is 0.281 e. The molecule has 1 amide bonds. The first-order chi connectivity index (χ1) is 14.0. The van der Waals surface area contributed by atoms with Crippen LogP contribution in [0.15, 0.2) is 70.4 Å². The number of amides is 1. The van der Waals surface area contributed by atoms with Crippen LogP contribution in [0.4, 0.5) is 8.78 Å². The quantitative estimate of drug-likeness (QED) is 0.632. The van der Waals surface area contributed by atoms with Crippen LogP contribution < -0.4 is 4.74 Å². The first-order valence-corrected chi connectivity index (χ1v) is 9.09. The van der Waals surface area contributed by atoms with E-state index in [4.69, 9.17) is 9.15 Å². The van der Waals surface area contributed by atoms with Crippen LogP contribution in [0, 0.1) is 18.6 Å². The summed E-state index contributed by atoms with van der Waals surface area (Å²) < 4.78 is 37.5. The Balaban J connectivity index is 1.55. The summed E-state index contributed by atoms with van der Waals surface area (Å²) >= 11 is 0. The van der Waals surface area contributed by atoms with Gasteiger partial charge in [-0.05, 0) is 36.8 Å². The molecule has 29 heavy (non-hydrogen) atoms. The van der Waals surface area contributed by atoms with E-state index in [0.29, 0.717) is 18.2 Å². The largest absolute Gasteiger partial charge is 0.481 e. The van der Waals surface area contributed by atoms with Crippen molar-refractivity contribution in [3.63, 3.8) is 0 Å². The zero-order valence-corrected chi connectivity index (χ0v) is 15.6. The van der Waals surface area contributed by atoms with Crippen LogP contribution in [0.5, 0.6) is 5.75 Å². The number of aryl methyl sites for hydroxylation is 1. The summed E-state index contributed by atoms with van der Waals surface area (Å²) in [6, 6.07) is 13.9. The zero-order chi connectivity index (χ0) is 20.4. The lowest BCUT2D eigenvalue weighted by Crippen LogP contribution is -2.31. The number of rotatable bonds is 5. The lowest BCUT2D eigenvalue weighted by atomic mass is 10.0. The van der Waals surface area contributed by atoms with Gasteiger partial charge in [0.2, 0.25) is 0 Å². The molecule has 0 fully saturated rings. The van der Waals surface area contributed by atoms with Crippen LogP contribution in [0.3, 0.4) is 0 Å². The maximum absolute atomic E-state index is 13.8. The second-order valence-corrected chi connectivity index (χ2v) is 6.75. The molecule has 0 bridgehead atoms. The Morgan fingerprint density at radius 1 is 1.21 bits per heavy atom. The second-order valence-electron chi connectivity index (χ2n) is 6.75. The molecule has 1 atom stereocenters. The number of hydrazone groups is 1. The van der Waals surface area contributed by atoms with Crippen LogP contribution in [0.2, 0.25) is 0 Å². The van der Waals surface area contributed by atoms with E-state index in [2.05, 4.69) is 5.10 Å². The molecule has 5 nitrogen and oxygen atoms in total. The normalized spacial score (nSPS) is 16.0. The Morgan fingerprint density at radius 3 is 2.69 bits per heavy atom. The third-order valence-corrected chi connectivity index (χ3v) is 4.67. The third-order valence-electron chi connectivity index (χ3n) is 4.67. The lowest BCUT2D eigenvalue weighted by molar-refractivity contribution is -0.135. The predicted molar refractivity (Wildman–Crippen MR) is 102 cm³/mol. The van der Waals surface area contributed by atoms with Crippen LogP contribution in [0.25, 0.3) is 0 Å². The number of benzene rings is 2. The van der Waals surface area contributed by atoms with Gasteiger partial charge in [-0.15, -0.1) is 0 Å². The number of furan rings is 1. The van der Waals surface area contributed by atoms with Gasteiger partial charge < -0.3 is 9.15 Å². The van der Waals surface area contributed by atoms with Gasteiger partial charge in [-0.3, -0.25) is 4.79 Å². The summed E-state index contributed by atoms with van der Waals surface area (Å²) in [4.78, 5) is 12.8. The summed E-state index contributed by atoms with van der Waals surface area (Å²) in [5.41, 5.74) is 2.78. The molecule has 1 aliphatic heterocycles. The predicted octanol–water partition coefficient (Wildman–Crippen LogP) is 4.62. The van der Waals surface area contributed by atoms with Crippen molar-refractivity contribution >= 4 is 11.6 Å². The van der Waals surface area contributed by atoms with Crippen molar-refractivity contribution < 1.29 is 22.7 Å². The molecule has 148 valence electrons. The van der Waals surface area contributed by atoms with Gasteiger partial charge in [-0.2, -0.15) is 5.10 Å². The van der Waals surface area contributed by atoms with Gasteiger partial charge in [-0.1, -0.05) is 29.8 Å². The zero-order valence-electron chi connectivity index (χ0n) is 15.6. The van der Waals surface area contributed by atoms with Crippen molar-refractivity contribution in [2.75, 3.05) is 6.61 Å². The van der Waals surface area contributed by atoms with E-state index in [-0.39, 0.29) is 5.75 Å². The molecule has 1 unspecified atom stereocenters. The number of nitrogens with zero attached hydrogens (tertiary/aromatic N) is 2. The van der Waals surface area contributed by atoms with Crippen molar-refractivity contribution in [3.05, 3.63) is 89.4 Å². The van der Waals surface area contributed by atoms with E-state index in [9.17, 15) is 13.6 Å². The van der Waals surface area contributed by atoms with Crippen LogP contribution in [0.1, 0.15) is 29.3 Å². The molecule has 7 heteroatoms. The number of halogens is 2. The van der Waals surface area contributed by atoms with Crippen LogP contribution in [-0.4, -0.2) is 23.2 Å². The average molecular weight is 396 g/mol. The summed E-state index contributed by atoms with van der Waals surface area (Å²) in [6.45, 7) is 1.55. The summed E-state index contributed by atoms with van der Waals surface area (Å²) in [5.74, 6) is -1.65. The van der Waals surface area contributed by atoms with Gasteiger partial charge in [0.25, 0.3) is 5.91 Å². The van der Waals surface area contributed by atoms with Crippen LogP contribution in [-0.2, 0) is 4.79 Å². The molecule has 0 saturated carbocycles. The molecular formula is C22H18F2N2O3. The van der Waals surface area contributed by atoms with Gasteiger partial charge in [0.1, 0.15) is 17.6 Å². The fourth-order valence-electron chi connectivity index (χ4n) is 3.16. The highest BCUT2D eigenvalue weighted by Gasteiger charge is 2.35. The van der Waals surface area contributed by atoms with Crippen molar-refractivity contribution in [1.82, 2.24) is 5.01 Å². The molecule has 2 heterocycles. The van der Waals surface area contributed by atoms with Crippen molar-refractivity contribution in [2.24, 2.45) is 5.10 Å². The topological polar surface area (TPSA) is 55.0 Å². The van der Waals surface area contributed by atoms with E-state index in [1.54, 1.807) is 12.1 Å². The molecule has 3 aromatic rings. The fourth-order valence-corrected chi connectivity index (χ4v) is 3.16. The second kappa shape index (κ2) is 7.87. The number of carbonyl (C=O) groups excluding carboxylic acids is 1. The molecule has 1 aliphatic rings. The van der Waals surface area contributed by atoms with E-state index in [1.165, 1.54) is 11.3 Å². The van der Waals surface area contributed by atoms with Crippen LogP contribution >= 0.6 is 0 Å². The Morgan fingerprint density at radius 2 is 2.00 bits per heavy atom. The van der Waals surface area contributed by atoms with E-state index < -0.39 is 30.2 Å². The lowest BCUT2D eigenvalue weighted by Gasteiger charge is -2.20. The highest BCUT2D eigenvalue weighted by Crippen LogP contribution is 2.33. The first kappa shape index (κ1) is 18.9. The number of hydrogen-bond donors (Lipinski definition) is 0. The molecule has 2 aromatic carbocycles. The van der Waals surface area contributed by atoms with Gasteiger partial charge in [0.05, 0.1) is 12.0 Å². The SMILES string of the molecule is Cc1ccc(C2=NN(C(=O)COc3ccc(F)cc3F)C(c3ccco3)C2)cc1. The van der Waals surface area contributed by atoms with E-state index >= 15 is 0 Å². The number of hydrogen-bond acceptors (Lipinski definition) is 4. The minimum absolute atomic E-state index is 0.198. The Kier molecular flexibility index (Phi) is 5.12. The Bertz CT molecular complexity index is 1050. The molecule has 4 rings (SSSR count). The number of carbonyl (C=O) groups is 1. The van der Waals surface area contributed by atoms with Crippen molar-refractivity contribution in [2.45, 2.75) is 19.4 Å². The van der Waals surface area contributed by atoms with Gasteiger partial charge in [0, 0.05) is 12.5 Å². The molecule has 1 aromatic heterocycles. The highest BCUT2D eigenvalue weighted by atomic mass is 19.1. The standard InChI is InChI=1S/C22H18F2N2O3/c1-14-4-6-15(7-5-14)18-12-19(21-3-2-10-28-21)26(25-18)22(27)13-29-20-9-8-16(23)11-17(20)24/h2-11,19H,12-13H2,1H3. The number of ether oxygens (including phenoxy) is 1. The first-order valence-electron chi connectivity index (χ1n) is 9.09. The Hall–Kier alpha value is -3.48. The minimum atomic E-state index is -0.870. The smallest absolute Gasteiger partial charge is 0.281 e. The van der Waals surface area contributed by atoms with Gasteiger partial charge in [-0.25, -0.2) is 13.8 Å². The summed E-state index contributed by atoms with van der Waals surface area (Å²) in [7, 11) is 0. The van der Waals surface area contributed by atoms with E-state index in [1.807, 2.05) is 31.2 Å². The fraction of sp³-hybridized carbons (Fsp3) is 0.182. The van der Waals surface area contributed by atoms with E-state index in [0.717, 1.165) is 29.0 Å². The Labute approximate surface area is 166 Å². The molecule has 0 aliphatic carbocycles. The maximum atomic E-state index is 13.8. The summed E-state index contributed by atoms with van der Waals surface area (Å²) in [6.07, 6.45) is 2.01. The van der Waals surface area contributed by atoms with Crippen molar-refractivity contribution in [3.8, 4) is 5.75 Å². The third kappa shape index (κ3) is 4.03. The molecule has 0 N–H and O–H groups in total. The van der Waals surface area contributed by atoms with Gasteiger partial charge in [0.15, 0.2) is 18.2 Å². The van der Waals surface area contributed by atoms with Gasteiger partial charge >= 0.3 is 0 Å². The van der Waals surface area contributed by atoms with Crippen molar-refractivity contribution in [1.29, 1.82) is 0 Å².